The van der Waals surface area contributed by atoms with Crippen molar-refractivity contribution >= 4 is 28.8 Å². The summed E-state index contributed by atoms with van der Waals surface area (Å²) < 4.78 is 1.39. The van der Waals surface area contributed by atoms with Crippen molar-refractivity contribution in [2.45, 2.75) is 13.8 Å². The number of amides is 1. The number of rotatable bonds is 2. The lowest BCUT2D eigenvalue weighted by molar-refractivity contribution is -0.114. The van der Waals surface area contributed by atoms with Gasteiger partial charge in [-0.1, -0.05) is 0 Å². The van der Waals surface area contributed by atoms with Crippen molar-refractivity contribution in [3.63, 3.8) is 0 Å². The zero-order chi connectivity index (χ0) is 12.4. The molecule has 0 aromatic carbocycles. The van der Waals surface area contributed by atoms with Crippen LogP contribution < -0.4 is 5.32 Å². The molecular formula is C11H11N3O2S. The molecule has 88 valence electrons. The number of imidazole rings is 1. The van der Waals surface area contributed by atoms with Crippen molar-refractivity contribution < 1.29 is 9.59 Å². The Labute approximate surface area is 102 Å². The predicted molar refractivity (Wildman–Crippen MR) is 65.3 cm³/mol. The van der Waals surface area contributed by atoms with Crippen LogP contribution in [-0.4, -0.2) is 21.4 Å². The van der Waals surface area contributed by atoms with E-state index in [0.29, 0.717) is 10.6 Å². The average Bonchev–Trinajstić information content (AvgIpc) is 2.88. The lowest BCUT2D eigenvalue weighted by atomic mass is 10.2. The highest BCUT2D eigenvalue weighted by Crippen LogP contribution is 2.28. The second kappa shape index (κ2) is 4.50. The Bertz CT molecular complexity index is 557. The maximum atomic E-state index is 12.1. The molecule has 2 aromatic rings. The first-order valence-electron chi connectivity index (χ1n) is 4.98. The first-order chi connectivity index (χ1) is 8.09. The molecule has 2 rings (SSSR count). The van der Waals surface area contributed by atoms with E-state index in [1.165, 1.54) is 35.4 Å². The van der Waals surface area contributed by atoms with Crippen molar-refractivity contribution in [3.05, 3.63) is 34.5 Å². The van der Waals surface area contributed by atoms with Crippen LogP contribution in [0.5, 0.6) is 0 Å². The highest BCUT2D eigenvalue weighted by Gasteiger charge is 2.18. The van der Waals surface area contributed by atoms with Crippen LogP contribution >= 0.6 is 11.3 Å². The normalized spacial score (nSPS) is 10.2. The Morgan fingerprint density at radius 1 is 1.47 bits per heavy atom. The molecule has 0 bridgehead atoms. The van der Waals surface area contributed by atoms with E-state index < -0.39 is 0 Å². The van der Waals surface area contributed by atoms with Gasteiger partial charge in [0.05, 0.1) is 5.69 Å². The van der Waals surface area contributed by atoms with Gasteiger partial charge in [-0.15, -0.1) is 11.3 Å². The summed E-state index contributed by atoms with van der Waals surface area (Å²) in [4.78, 5) is 27.5. The molecule has 0 saturated heterocycles. The first-order valence-corrected chi connectivity index (χ1v) is 5.86. The number of carbonyl (C=O) groups is 2. The predicted octanol–water partition coefficient (Wildman–Crippen LogP) is 1.90. The van der Waals surface area contributed by atoms with Crippen molar-refractivity contribution in [1.82, 2.24) is 9.55 Å². The Kier molecular flexibility index (Phi) is 3.06. The molecule has 5 nitrogen and oxygen atoms in total. The zero-order valence-electron chi connectivity index (χ0n) is 9.43. The highest BCUT2D eigenvalue weighted by atomic mass is 32.1. The fourth-order valence-electron chi connectivity index (χ4n) is 1.43. The highest BCUT2D eigenvalue weighted by molar-refractivity contribution is 7.13. The number of nitrogens with one attached hydrogen (secondary N) is 1. The molecular weight excluding hydrogens is 238 g/mol. The third-order valence-electron chi connectivity index (χ3n) is 2.21. The monoisotopic (exact) mass is 249 g/mol. The van der Waals surface area contributed by atoms with Gasteiger partial charge in [-0.3, -0.25) is 14.2 Å². The van der Waals surface area contributed by atoms with Crippen LogP contribution in [-0.2, 0) is 4.79 Å². The molecule has 2 heterocycles. The van der Waals surface area contributed by atoms with Gasteiger partial charge >= 0.3 is 0 Å². The van der Waals surface area contributed by atoms with E-state index in [0.717, 1.165) is 5.56 Å². The minimum absolute atomic E-state index is 0.189. The maximum Gasteiger partial charge on any atom is 0.275 e. The van der Waals surface area contributed by atoms with Gasteiger partial charge in [0, 0.05) is 19.3 Å². The second-order valence-corrected chi connectivity index (χ2v) is 4.46. The number of anilines is 1. The standard InChI is InChI=1S/C11H11N3O2S/c1-7-5-17-10(9(7)13-8(2)15)11(16)14-4-3-12-6-14/h3-6H,1-2H3,(H,13,15). The molecule has 1 N–H and O–H groups in total. The van der Waals surface area contributed by atoms with Crippen LogP contribution in [0.3, 0.4) is 0 Å². The average molecular weight is 249 g/mol. The van der Waals surface area contributed by atoms with E-state index in [-0.39, 0.29) is 11.8 Å². The van der Waals surface area contributed by atoms with E-state index in [4.69, 9.17) is 0 Å². The van der Waals surface area contributed by atoms with Crippen LogP contribution in [0.25, 0.3) is 0 Å². The molecule has 0 unspecified atom stereocenters. The summed E-state index contributed by atoms with van der Waals surface area (Å²) in [6, 6.07) is 0. The van der Waals surface area contributed by atoms with E-state index >= 15 is 0 Å². The molecule has 6 heteroatoms. The smallest absolute Gasteiger partial charge is 0.275 e. The van der Waals surface area contributed by atoms with Gasteiger partial charge in [-0.05, 0) is 17.9 Å². The first kappa shape index (κ1) is 11.5. The van der Waals surface area contributed by atoms with Crippen LogP contribution in [0.2, 0.25) is 0 Å². The van der Waals surface area contributed by atoms with E-state index in [2.05, 4.69) is 10.3 Å². The summed E-state index contributed by atoms with van der Waals surface area (Å²) in [5, 5.41) is 4.52. The van der Waals surface area contributed by atoms with Crippen molar-refractivity contribution in [1.29, 1.82) is 0 Å². The number of hydrogen-bond acceptors (Lipinski definition) is 4. The third-order valence-corrected chi connectivity index (χ3v) is 3.29. The molecule has 0 spiro atoms. The summed E-state index contributed by atoms with van der Waals surface area (Å²) in [5.41, 5.74) is 1.47. The molecule has 0 saturated carbocycles. The SMILES string of the molecule is CC(=O)Nc1c(C)csc1C(=O)n1ccnc1. The summed E-state index contributed by atoms with van der Waals surface area (Å²) in [6.45, 7) is 3.27. The van der Waals surface area contributed by atoms with Gasteiger partial charge in [-0.25, -0.2) is 4.98 Å². The largest absolute Gasteiger partial charge is 0.325 e. The lowest BCUT2D eigenvalue weighted by Crippen LogP contribution is -2.13. The Morgan fingerprint density at radius 2 is 2.24 bits per heavy atom. The number of thiophene rings is 1. The molecule has 0 aliphatic heterocycles. The minimum atomic E-state index is -0.190. The van der Waals surface area contributed by atoms with Crippen molar-refractivity contribution in [2.75, 3.05) is 5.32 Å². The zero-order valence-corrected chi connectivity index (χ0v) is 10.2. The van der Waals surface area contributed by atoms with E-state index in [1.807, 2.05) is 12.3 Å². The third kappa shape index (κ3) is 2.26. The summed E-state index contributed by atoms with van der Waals surface area (Å²) in [7, 11) is 0. The fraction of sp³-hybridized carbons (Fsp3) is 0.182. The van der Waals surface area contributed by atoms with Crippen LogP contribution in [0.1, 0.15) is 22.2 Å². The van der Waals surface area contributed by atoms with Gasteiger partial charge in [0.15, 0.2) is 0 Å². The topological polar surface area (TPSA) is 64.0 Å². The molecule has 0 aliphatic rings. The second-order valence-electron chi connectivity index (χ2n) is 3.58. The summed E-state index contributed by atoms with van der Waals surface area (Å²) >= 11 is 1.31. The number of aromatic nitrogens is 2. The van der Waals surface area contributed by atoms with Gasteiger partial charge in [0.25, 0.3) is 5.91 Å². The molecule has 0 fully saturated rings. The summed E-state index contributed by atoms with van der Waals surface area (Å²) in [5.74, 6) is -0.379. The fourth-order valence-corrected chi connectivity index (χ4v) is 2.38. The van der Waals surface area contributed by atoms with Gasteiger partial charge in [0.1, 0.15) is 11.2 Å². The van der Waals surface area contributed by atoms with Gasteiger partial charge in [0.2, 0.25) is 5.91 Å². The molecule has 17 heavy (non-hydrogen) atoms. The Morgan fingerprint density at radius 3 is 2.82 bits per heavy atom. The maximum absolute atomic E-state index is 12.1. The molecule has 0 radical (unpaired) electrons. The number of nitrogens with zero attached hydrogens (tertiary/aromatic N) is 2. The summed E-state index contributed by atoms with van der Waals surface area (Å²) in [6.07, 6.45) is 4.56. The van der Waals surface area contributed by atoms with Crippen LogP contribution in [0.4, 0.5) is 5.69 Å². The molecule has 0 atom stereocenters. The van der Waals surface area contributed by atoms with Crippen molar-refractivity contribution in [3.8, 4) is 0 Å². The van der Waals surface area contributed by atoms with Crippen molar-refractivity contribution in [2.24, 2.45) is 0 Å². The van der Waals surface area contributed by atoms with Gasteiger partial charge < -0.3 is 5.32 Å². The molecule has 0 aliphatic carbocycles. The van der Waals surface area contributed by atoms with Crippen LogP contribution in [0.15, 0.2) is 24.1 Å². The molecule has 1 amide bonds. The van der Waals surface area contributed by atoms with E-state index in [9.17, 15) is 9.59 Å². The number of hydrogen-bond donors (Lipinski definition) is 1. The number of aryl methyl sites for hydroxylation is 1. The molecule has 2 aromatic heterocycles. The Balaban J connectivity index is 2.39. The van der Waals surface area contributed by atoms with Gasteiger partial charge in [-0.2, -0.15) is 0 Å². The Hall–Kier alpha value is -1.95. The minimum Gasteiger partial charge on any atom is -0.325 e. The quantitative estimate of drug-likeness (QED) is 0.884. The van der Waals surface area contributed by atoms with E-state index in [1.54, 1.807) is 6.20 Å². The number of carbonyl (C=O) groups excluding carboxylic acids is 2. The lowest BCUT2D eigenvalue weighted by Gasteiger charge is -2.05. The van der Waals surface area contributed by atoms with Crippen LogP contribution in [0, 0.1) is 6.92 Å².